The van der Waals surface area contributed by atoms with Crippen molar-refractivity contribution in [2.75, 3.05) is 13.7 Å². The zero-order valence-corrected chi connectivity index (χ0v) is 16.0. The molecule has 1 heterocycles. The molecule has 1 aromatic rings. The van der Waals surface area contributed by atoms with Gasteiger partial charge in [0.15, 0.2) is 0 Å². The van der Waals surface area contributed by atoms with Gasteiger partial charge in [-0.25, -0.2) is 0 Å². The molecule has 1 aliphatic heterocycles. The molecule has 142 valence electrons. The van der Waals surface area contributed by atoms with Gasteiger partial charge in [0, 0.05) is 17.6 Å². The second-order valence-electron chi connectivity index (χ2n) is 7.22. The summed E-state index contributed by atoms with van der Waals surface area (Å²) >= 11 is 6.02. The first-order valence-electron chi connectivity index (χ1n) is 9.49. The number of methoxy groups -OCH3 is 1. The molecule has 1 N–H and O–H groups in total. The van der Waals surface area contributed by atoms with E-state index >= 15 is 0 Å². The number of ether oxygens (including phenoxy) is 1. The number of hydrogen-bond acceptors (Lipinski definition) is 4. The number of carbonyl (C=O) groups is 2. The van der Waals surface area contributed by atoms with Crippen molar-refractivity contribution in [3.05, 3.63) is 34.9 Å². The lowest BCUT2D eigenvalue weighted by molar-refractivity contribution is -0.147. The van der Waals surface area contributed by atoms with E-state index in [-0.39, 0.29) is 24.0 Å². The Morgan fingerprint density at radius 3 is 2.46 bits per heavy atom. The average Bonchev–Trinajstić information content (AvgIpc) is 3.13. The lowest BCUT2D eigenvalue weighted by Crippen LogP contribution is -2.48. The molecule has 5 nitrogen and oxygen atoms in total. The maximum atomic E-state index is 13.2. The predicted molar refractivity (Wildman–Crippen MR) is 101 cm³/mol. The van der Waals surface area contributed by atoms with Crippen LogP contribution in [0.4, 0.5) is 0 Å². The quantitative estimate of drug-likeness (QED) is 0.797. The molecule has 3 rings (SSSR count). The van der Waals surface area contributed by atoms with E-state index in [1.807, 2.05) is 17.0 Å². The van der Waals surface area contributed by atoms with Crippen LogP contribution < -0.4 is 5.32 Å². The molecule has 1 amide bonds. The Bertz CT molecular complexity index is 628. The van der Waals surface area contributed by atoms with Crippen LogP contribution in [0, 0.1) is 0 Å². The van der Waals surface area contributed by atoms with Crippen LogP contribution in [0.3, 0.4) is 0 Å². The van der Waals surface area contributed by atoms with Gasteiger partial charge in [-0.3, -0.25) is 14.5 Å². The molecular formula is C20H27ClN2O3. The smallest absolute Gasteiger partial charge is 0.323 e. The van der Waals surface area contributed by atoms with Crippen molar-refractivity contribution in [2.24, 2.45) is 0 Å². The van der Waals surface area contributed by atoms with E-state index < -0.39 is 6.04 Å². The third-order valence-corrected chi connectivity index (χ3v) is 5.74. The van der Waals surface area contributed by atoms with E-state index in [0.29, 0.717) is 18.0 Å². The lowest BCUT2D eigenvalue weighted by atomic mass is 9.94. The molecule has 1 aromatic carbocycles. The van der Waals surface area contributed by atoms with E-state index in [1.165, 1.54) is 13.5 Å². The van der Waals surface area contributed by atoms with Crippen LogP contribution in [0.15, 0.2) is 24.3 Å². The van der Waals surface area contributed by atoms with Gasteiger partial charge < -0.3 is 10.1 Å². The third-order valence-electron chi connectivity index (χ3n) is 5.48. The van der Waals surface area contributed by atoms with Gasteiger partial charge in [-0.2, -0.15) is 0 Å². The molecule has 2 aliphatic rings. The van der Waals surface area contributed by atoms with Crippen LogP contribution in [0.2, 0.25) is 5.02 Å². The second kappa shape index (κ2) is 8.87. The molecule has 0 radical (unpaired) electrons. The maximum absolute atomic E-state index is 13.2. The average molecular weight is 379 g/mol. The predicted octanol–water partition coefficient (Wildman–Crippen LogP) is 3.47. The number of halogens is 1. The lowest BCUT2D eigenvalue weighted by Gasteiger charge is -2.33. The summed E-state index contributed by atoms with van der Waals surface area (Å²) < 4.78 is 4.97. The normalized spacial score (nSPS) is 22.8. The van der Waals surface area contributed by atoms with Gasteiger partial charge in [-0.15, -0.1) is 0 Å². The molecule has 2 fully saturated rings. The van der Waals surface area contributed by atoms with E-state index in [0.717, 1.165) is 37.7 Å². The Morgan fingerprint density at radius 1 is 1.12 bits per heavy atom. The standard InChI is InChI=1S/C20H27ClN2O3/c1-26-20(25)17-8-5-13-23(17)18(14-9-11-15(21)12-10-14)19(24)22-16-6-3-2-4-7-16/h9-12,16-18H,2-8,13H2,1H3,(H,22,24)/t17-,18+/m1/s1. The fourth-order valence-electron chi connectivity index (χ4n) is 4.15. The van der Waals surface area contributed by atoms with Crippen LogP contribution in [0.5, 0.6) is 0 Å². The highest BCUT2D eigenvalue weighted by Gasteiger charge is 2.40. The Hall–Kier alpha value is -1.59. The van der Waals surface area contributed by atoms with Crippen molar-refractivity contribution in [3.8, 4) is 0 Å². The summed E-state index contributed by atoms with van der Waals surface area (Å²) in [5, 5.41) is 3.85. The van der Waals surface area contributed by atoms with Gasteiger partial charge in [0.25, 0.3) is 0 Å². The fraction of sp³-hybridized carbons (Fsp3) is 0.600. The van der Waals surface area contributed by atoms with Gasteiger partial charge >= 0.3 is 5.97 Å². The molecular weight excluding hydrogens is 352 g/mol. The number of rotatable bonds is 5. The van der Waals surface area contributed by atoms with Crippen molar-refractivity contribution in [2.45, 2.75) is 63.1 Å². The largest absolute Gasteiger partial charge is 0.468 e. The summed E-state index contributed by atoms with van der Waals surface area (Å²) in [7, 11) is 1.40. The monoisotopic (exact) mass is 378 g/mol. The molecule has 6 heteroatoms. The molecule has 1 aliphatic carbocycles. The molecule has 0 unspecified atom stereocenters. The number of nitrogens with one attached hydrogen (secondary N) is 1. The molecule has 2 atom stereocenters. The Kier molecular flexibility index (Phi) is 6.54. The number of nitrogens with zero attached hydrogens (tertiary/aromatic N) is 1. The molecule has 0 bridgehead atoms. The summed E-state index contributed by atoms with van der Waals surface area (Å²) in [5.74, 6) is -0.304. The van der Waals surface area contributed by atoms with E-state index in [4.69, 9.17) is 16.3 Å². The van der Waals surface area contributed by atoms with Crippen molar-refractivity contribution in [1.29, 1.82) is 0 Å². The Labute approximate surface area is 160 Å². The summed E-state index contributed by atoms with van der Waals surface area (Å²) in [6.45, 7) is 0.700. The highest BCUT2D eigenvalue weighted by Crippen LogP contribution is 2.31. The molecule has 0 spiro atoms. The molecule has 1 saturated heterocycles. The van der Waals surface area contributed by atoms with Gasteiger partial charge in [0.1, 0.15) is 12.1 Å². The highest BCUT2D eigenvalue weighted by molar-refractivity contribution is 6.30. The fourth-order valence-corrected chi connectivity index (χ4v) is 4.28. The Morgan fingerprint density at radius 2 is 1.81 bits per heavy atom. The first-order chi connectivity index (χ1) is 12.6. The van der Waals surface area contributed by atoms with Gasteiger partial charge in [-0.05, 0) is 43.4 Å². The zero-order chi connectivity index (χ0) is 18.5. The van der Waals surface area contributed by atoms with Crippen LogP contribution in [-0.2, 0) is 14.3 Å². The number of benzene rings is 1. The van der Waals surface area contributed by atoms with Crippen LogP contribution >= 0.6 is 11.6 Å². The number of carbonyl (C=O) groups excluding carboxylic acids is 2. The van der Waals surface area contributed by atoms with Crippen molar-refractivity contribution in [1.82, 2.24) is 10.2 Å². The first kappa shape index (κ1) is 19.2. The Balaban J connectivity index is 1.84. The number of hydrogen-bond donors (Lipinski definition) is 1. The maximum Gasteiger partial charge on any atom is 0.323 e. The third kappa shape index (κ3) is 4.38. The van der Waals surface area contributed by atoms with E-state index in [2.05, 4.69) is 5.32 Å². The first-order valence-corrected chi connectivity index (χ1v) is 9.87. The summed E-state index contributed by atoms with van der Waals surface area (Å²) in [6, 6.07) is 6.69. The summed E-state index contributed by atoms with van der Waals surface area (Å²) in [4.78, 5) is 27.4. The number of amides is 1. The van der Waals surface area contributed by atoms with E-state index in [9.17, 15) is 9.59 Å². The van der Waals surface area contributed by atoms with Crippen molar-refractivity contribution >= 4 is 23.5 Å². The summed E-state index contributed by atoms with van der Waals surface area (Å²) in [6.07, 6.45) is 7.20. The summed E-state index contributed by atoms with van der Waals surface area (Å²) in [5.41, 5.74) is 0.860. The number of likely N-dealkylation sites (tertiary alicyclic amines) is 1. The SMILES string of the molecule is COC(=O)[C@H]1CCCN1[C@H](C(=O)NC1CCCCC1)c1ccc(Cl)cc1. The minimum Gasteiger partial charge on any atom is -0.468 e. The zero-order valence-electron chi connectivity index (χ0n) is 15.2. The van der Waals surface area contributed by atoms with E-state index in [1.54, 1.807) is 12.1 Å². The minimum atomic E-state index is -0.499. The second-order valence-corrected chi connectivity index (χ2v) is 7.65. The van der Waals surface area contributed by atoms with Crippen LogP contribution in [-0.4, -0.2) is 42.5 Å². The van der Waals surface area contributed by atoms with Crippen molar-refractivity contribution in [3.63, 3.8) is 0 Å². The topological polar surface area (TPSA) is 58.6 Å². The van der Waals surface area contributed by atoms with Crippen LogP contribution in [0.25, 0.3) is 0 Å². The number of esters is 1. The van der Waals surface area contributed by atoms with Gasteiger partial charge in [0.2, 0.25) is 5.91 Å². The molecule has 0 aromatic heterocycles. The van der Waals surface area contributed by atoms with Gasteiger partial charge in [-0.1, -0.05) is 43.0 Å². The highest BCUT2D eigenvalue weighted by atomic mass is 35.5. The molecule has 1 saturated carbocycles. The van der Waals surface area contributed by atoms with Crippen molar-refractivity contribution < 1.29 is 14.3 Å². The van der Waals surface area contributed by atoms with Crippen LogP contribution in [0.1, 0.15) is 56.6 Å². The molecule has 26 heavy (non-hydrogen) atoms. The van der Waals surface area contributed by atoms with Gasteiger partial charge in [0.05, 0.1) is 7.11 Å². The minimum absolute atomic E-state index is 0.0324.